The van der Waals surface area contributed by atoms with Crippen LogP contribution in [0.3, 0.4) is 0 Å². The molecule has 2 aliphatic rings. The number of piperidine rings is 1. The van der Waals surface area contributed by atoms with Gasteiger partial charge in [-0.3, -0.25) is 14.9 Å². The van der Waals surface area contributed by atoms with Gasteiger partial charge in [0.1, 0.15) is 10.8 Å². The van der Waals surface area contributed by atoms with Crippen molar-refractivity contribution in [1.82, 2.24) is 4.90 Å². The van der Waals surface area contributed by atoms with E-state index in [0.29, 0.717) is 59.8 Å². The van der Waals surface area contributed by atoms with Gasteiger partial charge in [-0.1, -0.05) is 0 Å². The zero-order valence-electron chi connectivity index (χ0n) is 18.9. The highest BCUT2D eigenvalue weighted by Crippen LogP contribution is 2.49. The number of Topliss-reactive ketones (excluding diaryl/α,β-unsaturated/α-hetero) is 1. The number of hydrogen-bond acceptors (Lipinski definition) is 7. The number of nitrogens with zero attached hydrogens (tertiary/aromatic N) is 2. The van der Waals surface area contributed by atoms with Gasteiger partial charge in [-0.05, 0) is 49.2 Å². The number of rotatable bonds is 3. The van der Waals surface area contributed by atoms with Crippen molar-refractivity contribution in [2.75, 3.05) is 25.5 Å². The van der Waals surface area contributed by atoms with Gasteiger partial charge in [0.2, 0.25) is 0 Å². The van der Waals surface area contributed by atoms with Crippen molar-refractivity contribution in [2.45, 2.75) is 28.9 Å². The molecule has 0 atom stereocenters. The normalized spacial score (nSPS) is 16.6. The summed E-state index contributed by atoms with van der Waals surface area (Å²) in [5.41, 5.74) is 6.88. The Morgan fingerprint density at radius 3 is 2.66 bits per heavy atom. The Labute approximate surface area is 210 Å². The van der Waals surface area contributed by atoms with Crippen molar-refractivity contribution in [3.8, 4) is 11.8 Å². The molecule has 35 heavy (non-hydrogen) atoms. The SMILES string of the molecule is COc1ccc2c(C(=O)N3CCC4(CC3)CC(=O)c3cc(C#N)ccc3S4)c(NC(N)=O)sc2c1. The second kappa shape index (κ2) is 8.91. The maximum atomic E-state index is 13.6. The van der Waals surface area contributed by atoms with Crippen LogP contribution in [0.2, 0.25) is 0 Å². The molecule has 10 heteroatoms. The smallest absolute Gasteiger partial charge is 0.317 e. The Balaban J connectivity index is 1.39. The molecule has 1 fully saturated rings. The average Bonchev–Trinajstić information content (AvgIpc) is 3.20. The van der Waals surface area contributed by atoms with E-state index in [4.69, 9.17) is 15.7 Å². The van der Waals surface area contributed by atoms with E-state index in [1.54, 1.807) is 42.0 Å². The second-order valence-electron chi connectivity index (χ2n) is 8.66. The lowest BCUT2D eigenvalue weighted by atomic mass is 9.87. The van der Waals surface area contributed by atoms with Crippen LogP contribution in [0.15, 0.2) is 41.3 Å². The van der Waals surface area contributed by atoms with Gasteiger partial charge >= 0.3 is 6.03 Å². The Morgan fingerprint density at radius 2 is 1.97 bits per heavy atom. The molecule has 0 unspecified atom stereocenters. The first kappa shape index (κ1) is 23.2. The first-order valence-electron chi connectivity index (χ1n) is 11.0. The van der Waals surface area contributed by atoms with Crippen molar-refractivity contribution < 1.29 is 19.1 Å². The highest BCUT2D eigenvalue weighted by molar-refractivity contribution is 8.01. The zero-order chi connectivity index (χ0) is 24.7. The summed E-state index contributed by atoms with van der Waals surface area (Å²) in [4.78, 5) is 40.8. The Hall–Kier alpha value is -3.55. The predicted molar refractivity (Wildman–Crippen MR) is 135 cm³/mol. The molecule has 0 aliphatic carbocycles. The highest BCUT2D eigenvalue weighted by Gasteiger charge is 2.43. The number of ether oxygens (including phenoxy) is 1. The summed E-state index contributed by atoms with van der Waals surface area (Å²) in [5, 5.41) is 12.9. The van der Waals surface area contributed by atoms with Crippen molar-refractivity contribution in [3.05, 3.63) is 53.1 Å². The number of thiophene rings is 1. The number of benzene rings is 2. The predicted octanol–water partition coefficient (Wildman–Crippen LogP) is 4.63. The molecule has 1 saturated heterocycles. The maximum absolute atomic E-state index is 13.6. The number of anilines is 1. The summed E-state index contributed by atoms with van der Waals surface area (Å²) in [5.74, 6) is 0.525. The third-order valence-electron chi connectivity index (χ3n) is 6.53. The molecule has 5 rings (SSSR count). The van der Waals surface area contributed by atoms with E-state index in [1.807, 2.05) is 18.2 Å². The molecule has 178 valence electrons. The number of nitrogens with two attached hydrogens (primary N) is 1. The molecule has 3 aromatic rings. The largest absolute Gasteiger partial charge is 0.497 e. The lowest BCUT2D eigenvalue weighted by molar-refractivity contribution is 0.0699. The quantitative estimate of drug-likeness (QED) is 0.534. The van der Waals surface area contributed by atoms with Crippen LogP contribution in [-0.4, -0.2) is 47.6 Å². The van der Waals surface area contributed by atoms with Crippen LogP contribution < -0.4 is 15.8 Å². The number of thioether (sulfide) groups is 1. The van der Waals surface area contributed by atoms with Crippen molar-refractivity contribution in [3.63, 3.8) is 0 Å². The highest BCUT2D eigenvalue weighted by atomic mass is 32.2. The number of likely N-dealkylation sites (tertiary alicyclic amines) is 1. The molecule has 8 nitrogen and oxygen atoms in total. The number of carbonyl (C=O) groups excluding carboxylic acids is 3. The molecule has 0 radical (unpaired) electrons. The number of fused-ring (bicyclic) bond motifs is 2. The third-order valence-corrected chi connectivity index (χ3v) is 9.16. The summed E-state index contributed by atoms with van der Waals surface area (Å²) in [6, 6.07) is 12.0. The molecule has 2 aliphatic heterocycles. The van der Waals surface area contributed by atoms with Crippen LogP contribution in [-0.2, 0) is 0 Å². The number of nitrogens with one attached hydrogen (secondary N) is 1. The van der Waals surface area contributed by atoms with E-state index in [9.17, 15) is 14.4 Å². The fourth-order valence-electron chi connectivity index (χ4n) is 4.73. The van der Waals surface area contributed by atoms with E-state index in [2.05, 4.69) is 11.4 Å². The molecular weight excluding hydrogens is 484 g/mol. The first-order valence-corrected chi connectivity index (χ1v) is 12.7. The van der Waals surface area contributed by atoms with Crippen molar-refractivity contribution in [1.29, 1.82) is 5.26 Å². The van der Waals surface area contributed by atoms with Gasteiger partial charge in [-0.25, -0.2) is 4.79 Å². The van der Waals surface area contributed by atoms with E-state index in [-0.39, 0.29) is 16.4 Å². The summed E-state index contributed by atoms with van der Waals surface area (Å²) in [6.07, 6.45) is 1.73. The van der Waals surface area contributed by atoms with Gasteiger partial charge in [-0.2, -0.15) is 5.26 Å². The van der Waals surface area contributed by atoms with Gasteiger partial charge < -0.3 is 15.4 Å². The average molecular weight is 507 g/mol. The summed E-state index contributed by atoms with van der Waals surface area (Å²) in [7, 11) is 1.57. The second-order valence-corrected chi connectivity index (χ2v) is 11.2. The van der Waals surface area contributed by atoms with Crippen molar-refractivity contribution in [2.24, 2.45) is 5.73 Å². The third kappa shape index (κ3) is 4.22. The number of carbonyl (C=O) groups is 3. The Morgan fingerprint density at radius 1 is 1.20 bits per heavy atom. The van der Waals surface area contributed by atoms with E-state index >= 15 is 0 Å². The number of amides is 3. The van der Waals surface area contributed by atoms with Crippen molar-refractivity contribution >= 4 is 55.9 Å². The summed E-state index contributed by atoms with van der Waals surface area (Å²) in [6.45, 7) is 0.989. The van der Waals surface area contributed by atoms with Gasteiger partial charge in [-0.15, -0.1) is 23.1 Å². The standard InChI is InChI=1S/C25H22N4O4S2/c1-33-15-3-4-16-20(11-15)34-22(28-24(27)32)21(16)23(31)29-8-6-25(7-9-29)12-18(30)17-10-14(13-26)2-5-19(17)35-25/h2-5,10-11H,6-9,12H2,1H3,(H3,27,28,32). The van der Waals surface area contributed by atoms with E-state index in [1.165, 1.54) is 11.3 Å². The molecule has 3 N–H and O–H groups in total. The molecular formula is C25H22N4O4S2. The minimum atomic E-state index is -0.731. The van der Waals surface area contributed by atoms with Crippen LogP contribution >= 0.6 is 23.1 Å². The maximum Gasteiger partial charge on any atom is 0.317 e. The lowest BCUT2D eigenvalue weighted by Crippen LogP contribution is -2.47. The molecule has 0 bridgehead atoms. The number of methoxy groups -OCH3 is 1. The number of ketones is 1. The molecule has 2 aromatic carbocycles. The summed E-state index contributed by atoms with van der Waals surface area (Å²) < 4.78 is 5.83. The van der Waals surface area contributed by atoms with Gasteiger partial charge in [0, 0.05) is 44.8 Å². The van der Waals surface area contributed by atoms with E-state index < -0.39 is 6.03 Å². The van der Waals surface area contributed by atoms with Gasteiger partial charge in [0.15, 0.2) is 5.78 Å². The van der Waals surface area contributed by atoms with Crippen LogP contribution in [0, 0.1) is 11.3 Å². The Kier molecular flexibility index (Phi) is 5.91. The van der Waals surface area contributed by atoms with Crippen LogP contribution in [0.4, 0.5) is 9.80 Å². The van der Waals surface area contributed by atoms with Gasteiger partial charge in [0.25, 0.3) is 5.91 Å². The van der Waals surface area contributed by atoms with E-state index in [0.717, 1.165) is 15.0 Å². The van der Waals surface area contributed by atoms with Crippen LogP contribution in [0.25, 0.3) is 10.1 Å². The molecule has 3 heterocycles. The number of urea groups is 1. The Bertz CT molecular complexity index is 1420. The van der Waals surface area contributed by atoms with Crippen LogP contribution in [0.5, 0.6) is 5.75 Å². The summed E-state index contributed by atoms with van der Waals surface area (Å²) >= 11 is 2.96. The monoisotopic (exact) mass is 506 g/mol. The lowest BCUT2D eigenvalue weighted by Gasteiger charge is -2.43. The molecule has 1 aromatic heterocycles. The fraction of sp³-hybridized carbons (Fsp3) is 0.280. The molecule has 0 saturated carbocycles. The van der Waals surface area contributed by atoms with Crippen LogP contribution in [0.1, 0.15) is 45.5 Å². The number of hydrogen-bond donors (Lipinski definition) is 2. The molecule has 1 spiro atoms. The minimum absolute atomic E-state index is 0.0429. The molecule has 3 amide bonds. The zero-order valence-corrected chi connectivity index (χ0v) is 20.6. The number of primary amides is 1. The fourth-order valence-corrected chi connectivity index (χ4v) is 7.34. The van der Waals surface area contributed by atoms with Gasteiger partial charge in [0.05, 0.1) is 24.3 Å². The topological polar surface area (TPSA) is 126 Å². The first-order chi connectivity index (χ1) is 16.8. The number of nitriles is 1. The minimum Gasteiger partial charge on any atom is -0.497 e.